The van der Waals surface area contributed by atoms with Crippen molar-refractivity contribution in [2.75, 3.05) is 20.3 Å². The Bertz CT molecular complexity index is 353. The van der Waals surface area contributed by atoms with E-state index >= 15 is 0 Å². The third kappa shape index (κ3) is 5.52. The lowest BCUT2D eigenvalue weighted by molar-refractivity contribution is 0.284. The first-order valence-electron chi connectivity index (χ1n) is 7.32. The van der Waals surface area contributed by atoms with Crippen molar-refractivity contribution in [1.82, 2.24) is 5.32 Å². The highest BCUT2D eigenvalue weighted by Crippen LogP contribution is 2.31. The second kappa shape index (κ2) is 9.68. The van der Waals surface area contributed by atoms with Crippen LogP contribution in [0.4, 0.5) is 0 Å². The molecule has 19 heavy (non-hydrogen) atoms. The van der Waals surface area contributed by atoms with Crippen molar-refractivity contribution in [2.45, 2.75) is 46.1 Å². The summed E-state index contributed by atoms with van der Waals surface area (Å²) in [6.45, 7) is 6.99. The van der Waals surface area contributed by atoms with E-state index in [1.165, 1.54) is 18.4 Å². The summed E-state index contributed by atoms with van der Waals surface area (Å²) in [6, 6.07) is 6.07. The first kappa shape index (κ1) is 15.8. The van der Waals surface area contributed by atoms with Crippen molar-refractivity contribution in [3.8, 4) is 11.5 Å². The van der Waals surface area contributed by atoms with Crippen molar-refractivity contribution in [3.63, 3.8) is 0 Å². The van der Waals surface area contributed by atoms with E-state index in [0.717, 1.165) is 44.0 Å². The number of ether oxygens (including phenoxy) is 2. The number of methoxy groups -OCH3 is 1. The number of para-hydroxylation sites is 1. The van der Waals surface area contributed by atoms with Gasteiger partial charge in [0.1, 0.15) is 0 Å². The molecule has 3 heteroatoms. The van der Waals surface area contributed by atoms with E-state index in [0.29, 0.717) is 0 Å². The Morgan fingerprint density at radius 1 is 1.11 bits per heavy atom. The van der Waals surface area contributed by atoms with Crippen LogP contribution in [0.2, 0.25) is 0 Å². The van der Waals surface area contributed by atoms with Gasteiger partial charge in [-0.15, -0.1) is 0 Å². The van der Waals surface area contributed by atoms with Gasteiger partial charge in [0.05, 0.1) is 13.7 Å². The Hall–Kier alpha value is -1.22. The minimum atomic E-state index is 0.749. The smallest absolute Gasteiger partial charge is 0.165 e. The van der Waals surface area contributed by atoms with E-state index in [1.807, 2.05) is 12.1 Å². The minimum absolute atomic E-state index is 0.749. The zero-order valence-electron chi connectivity index (χ0n) is 12.5. The lowest BCUT2D eigenvalue weighted by atomic mass is 10.1. The maximum Gasteiger partial charge on any atom is 0.165 e. The van der Waals surface area contributed by atoms with E-state index in [-0.39, 0.29) is 0 Å². The summed E-state index contributed by atoms with van der Waals surface area (Å²) >= 11 is 0. The fourth-order valence-electron chi connectivity index (χ4n) is 1.87. The molecule has 3 nitrogen and oxygen atoms in total. The number of hydrogen-bond donors (Lipinski definition) is 1. The quantitative estimate of drug-likeness (QED) is 0.653. The lowest BCUT2D eigenvalue weighted by Crippen LogP contribution is -2.15. The molecule has 0 amide bonds. The van der Waals surface area contributed by atoms with Crippen LogP contribution >= 0.6 is 0 Å². The molecule has 0 fully saturated rings. The molecule has 1 aromatic carbocycles. The Labute approximate surface area is 117 Å². The highest BCUT2D eigenvalue weighted by Gasteiger charge is 2.09. The van der Waals surface area contributed by atoms with Gasteiger partial charge in [-0.2, -0.15) is 0 Å². The molecule has 0 heterocycles. The van der Waals surface area contributed by atoms with Crippen molar-refractivity contribution in [1.29, 1.82) is 0 Å². The number of rotatable bonds is 10. The average molecular weight is 265 g/mol. The molecule has 1 rings (SSSR count). The van der Waals surface area contributed by atoms with Gasteiger partial charge in [-0.3, -0.25) is 0 Å². The third-order valence-corrected chi connectivity index (χ3v) is 3.05. The number of hydrogen-bond acceptors (Lipinski definition) is 3. The zero-order chi connectivity index (χ0) is 13.9. The monoisotopic (exact) mass is 265 g/mol. The molecular weight excluding hydrogens is 238 g/mol. The zero-order valence-corrected chi connectivity index (χ0v) is 12.5. The highest BCUT2D eigenvalue weighted by atomic mass is 16.5. The molecule has 0 unspecified atom stereocenters. The van der Waals surface area contributed by atoms with Crippen molar-refractivity contribution < 1.29 is 9.47 Å². The summed E-state index contributed by atoms with van der Waals surface area (Å²) < 4.78 is 11.3. The summed E-state index contributed by atoms with van der Waals surface area (Å²) in [4.78, 5) is 0. The van der Waals surface area contributed by atoms with Crippen LogP contribution < -0.4 is 14.8 Å². The van der Waals surface area contributed by atoms with Crippen molar-refractivity contribution in [2.24, 2.45) is 0 Å². The second-order valence-electron chi connectivity index (χ2n) is 4.68. The molecule has 0 aliphatic heterocycles. The topological polar surface area (TPSA) is 30.5 Å². The van der Waals surface area contributed by atoms with Crippen LogP contribution in [0.5, 0.6) is 11.5 Å². The Morgan fingerprint density at radius 2 is 1.89 bits per heavy atom. The van der Waals surface area contributed by atoms with Gasteiger partial charge >= 0.3 is 0 Å². The standard InChI is InChI=1S/C16H27NO2/c1-4-6-11-17-13-14-9-8-10-15(18-3)16(14)19-12-7-5-2/h8-10,17H,4-7,11-13H2,1-3H3. The van der Waals surface area contributed by atoms with Gasteiger partial charge in [-0.05, 0) is 25.5 Å². The predicted octanol–water partition coefficient (Wildman–Crippen LogP) is 3.76. The SMILES string of the molecule is CCCCNCc1cccc(OC)c1OCCCC. The largest absolute Gasteiger partial charge is 0.493 e. The average Bonchev–Trinajstić information content (AvgIpc) is 2.44. The van der Waals surface area contributed by atoms with Gasteiger partial charge in [-0.25, -0.2) is 0 Å². The summed E-state index contributed by atoms with van der Waals surface area (Å²) in [5, 5.41) is 3.45. The minimum Gasteiger partial charge on any atom is -0.493 e. The highest BCUT2D eigenvalue weighted by molar-refractivity contribution is 5.46. The molecular formula is C16H27NO2. The molecule has 0 saturated carbocycles. The molecule has 0 atom stereocenters. The molecule has 0 aliphatic carbocycles. The molecule has 0 bridgehead atoms. The van der Waals surface area contributed by atoms with E-state index < -0.39 is 0 Å². The summed E-state index contributed by atoms with van der Waals surface area (Å²) in [6.07, 6.45) is 4.63. The summed E-state index contributed by atoms with van der Waals surface area (Å²) in [7, 11) is 1.69. The normalized spacial score (nSPS) is 10.5. The Kier molecular flexibility index (Phi) is 8.07. The van der Waals surface area contributed by atoms with Gasteiger partial charge in [0.2, 0.25) is 0 Å². The van der Waals surface area contributed by atoms with E-state index in [2.05, 4.69) is 25.2 Å². The van der Waals surface area contributed by atoms with Gasteiger partial charge in [0.15, 0.2) is 11.5 Å². The first-order valence-corrected chi connectivity index (χ1v) is 7.32. The van der Waals surface area contributed by atoms with Crippen LogP contribution in [0.3, 0.4) is 0 Å². The van der Waals surface area contributed by atoms with Crippen LogP contribution in [0, 0.1) is 0 Å². The molecule has 0 spiro atoms. The van der Waals surface area contributed by atoms with E-state index in [1.54, 1.807) is 7.11 Å². The molecule has 0 aliphatic rings. The van der Waals surface area contributed by atoms with Crippen molar-refractivity contribution in [3.05, 3.63) is 23.8 Å². The van der Waals surface area contributed by atoms with Gasteiger partial charge in [0.25, 0.3) is 0 Å². The number of benzene rings is 1. The maximum atomic E-state index is 5.89. The summed E-state index contributed by atoms with van der Waals surface area (Å²) in [5.41, 5.74) is 1.17. The fraction of sp³-hybridized carbons (Fsp3) is 0.625. The van der Waals surface area contributed by atoms with Crippen LogP contribution in [0.15, 0.2) is 18.2 Å². The molecule has 0 saturated heterocycles. The van der Waals surface area contributed by atoms with Crippen LogP contribution in [-0.2, 0) is 6.54 Å². The summed E-state index contributed by atoms with van der Waals surface area (Å²) in [5.74, 6) is 1.72. The van der Waals surface area contributed by atoms with Crippen molar-refractivity contribution >= 4 is 0 Å². The van der Waals surface area contributed by atoms with Crippen LogP contribution in [0.25, 0.3) is 0 Å². The van der Waals surface area contributed by atoms with E-state index in [4.69, 9.17) is 9.47 Å². The first-order chi connectivity index (χ1) is 9.33. The maximum absolute atomic E-state index is 5.89. The van der Waals surface area contributed by atoms with Crippen LogP contribution in [0.1, 0.15) is 45.1 Å². The van der Waals surface area contributed by atoms with E-state index in [9.17, 15) is 0 Å². The molecule has 1 aromatic rings. The Morgan fingerprint density at radius 3 is 2.58 bits per heavy atom. The molecule has 1 N–H and O–H groups in total. The Balaban J connectivity index is 2.65. The lowest BCUT2D eigenvalue weighted by Gasteiger charge is -2.15. The molecule has 108 valence electrons. The number of nitrogens with one attached hydrogen (secondary N) is 1. The van der Waals surface area contributed by atoms with Gasteiger partial charge in [0, 0.05) is 12.1 Å². The number of unbranched alkanes of at least 4 members (excludes halogenated alkanes) is 2. The molecule has 0 radical (unpaired) electrons. The second-order valence-corrected chi connectivity index (χ2v) is 4.68. The predicted molar refractivity (Wildman–Crippen MR) is 80.0 cm³/mol. The molecule has 0 aromatic heterocycles. The van der Waals surface area contributed by atoms with Crippen LogP contribution in [-0.4, -0.2) is 20.3 Å². The fourth-order valence-corrected chi connectivity index (χ4v) is 1.87. The van der Waals surface area contributed by atoms with Gasteiger partial charge in [-0.1, -0.05) is 38.8 Å². The third-order valence-electron chi connectivity index (χ3n) is 3.05. The van der Waals surface area contributed by atoms with Gasteiger partial charge < -0.3 is 14.8 Å².